The van der Waals surface area contributed by atoms with Gasteiger partial charge >= 0.3 is 5.69 Å². The van der Waals surface area contributed by atoms with Crippen molar-refractivity contribution in [1.29, 1.82) is 0 Å². The summed E-state index contributed by atoms with van der Waals surface area (Å²) in [5, 5.41) is 16.8. The van der Waals surface area contributed by atoms with Gasteiger partial charge in [-0.2, -0.15) is 0 Å². The fourth-order valence-corrected chi connectivity index (χ4v) is 1.28. The third kappa shape index (κ3) is 3.47. The highest BCUT2D eigenvalue weighted by Crippen LogP contribution is 2.21. The summed E-state index contributed by atoms with van der Waals surface area (Å²) in [7, 11) is 0. The number of nitrogens with zero attached hydrogens (tertiary/aromatic N) is 2. The molecule has 16 heavy (non-hydrogen) atoms. The average molecular weight is 224 g/mol. The van der Waals surface area contributed by atoms with E-state index in [1.54, 1.807) is 13.1 Å². The van der Waals surface area contributed by atoms with Crippen molar-refractivity contribution in [3.05, 3.63) is 27.9 Å². The van der Waals surface area contributed by atoms with Gasteiger partial charge in [0.1, 0.15) is 0 Å². The number of nitro groups is 1. The molecule has 0 atom stereocenters. The molecule has 0 fully saturated rings. The predicted molar refractivity (Wildman–Crippen MR) is 62.7 cm³/mol. The number of aromatic nitrogens is 1. The van der Waals surface area contributed by atoms with Crippen LogP contribution in [0.5, 0.6) is 0 Å². The Morgan fingerprint density at radius 3 is 2.88 bits per heavy atom. The number of anilines is 1. The van der Waals surface area contributed by atoms with Gasteiger partial charge in [-0.3, -0.25) is 10.1 Å². The van der Waals surface area contributed by atoms with Crippen molar-refractivity contribution in [1.82, 2.24) is 10.3 Å². The molecule has 0 spiro atoms. The van der Waals surface area contributed by atoms with Crippen LogP contribution in [0.1, 0.15) is 12.5 Å². The van der Waals surface area contributed by atoms with Crippen molar-refractivity contribution in [3.8, 4) is 0 Å². The minimum absolute atomic E-state index is 0.0245. The van der Waals surface area contributed by atoms with E-state index < -0.39 is 4.92 Å². The maximum Gasteiger partial charge on any atom is 0.311 e. The van der Waals surface area contributed by atoms with Gasteiger partial charge in [-0.25, -0.2) is 4.98 Å². The Bertz CT molecular complexity index is 368. The molecule has 0 aliphatic heterocycles. The largest absolute Gasteiger partial charge is 0.363 e. The molecule has 1 aromatic rings. The predicted octanol–water partition coefficient (Wildman–Crippen LogP) is 1.32. The molecule has 0 saturated heterocycles. The molecule has 1 aromatic heterocycles. The lowest BCUT2D eigenvalue weighted by atomic mass is 10.3. The summed E-state index contributed by atoms with van der Waals surface area (Å²) in [5.74, 6) is 0.327. The van der Waals surface area contributed by atoms with Crippen LogP contribution < -0.4 is 10.6 Å². The molecule has 0 aliphatic carbocycles. The Morgan fingerprint density at radius 2 is 2.25 bits per heavy atom. The molecule has 0 unspecified atom stereocenters. The third-order valence-corrected chi connectivity index (χ3v) is 2.05. The summed E-state index contributed by atoms with van der Waals surface area (Å²) in [6, 6.07) is 1.52. The van der Waals surface area contributed by atoms with Gasteiger partial charge in [-0.15, -0.1) is 0 Å². The molecule has 1 rings (SSSR count). The number of hydrogen-bond acceptors (Lipinski definition) is 5. The maximum absolute atomic E-state index is 10.8. The van der Waals surface area contributed by atoms with Gasteiger partial charge in [0.2, 0.25) is 5.82 Å². The Labute approximate surface area is 94.2 Å². The molecule has 0 bridgehead atoms. The average Bonchev–Trinajstić information content (AvgIpc) is 2.26. The Balaban J connectivity index is 2.67. The second-order valence-electron chi connectivity index (χ2n) is 3.42. The molecule has 2 N–H and O–H groups in total. The van der Waals surface area contributed by atoms with Gasteiger partial charge in [-0.05, 0) is 19.0 Å². The van der Waals surface area contributed by atoms with Gasteiger partial charge in [-0.1, -0.05) is 6.92 Å². The Kier molecular flexibility index (Phi) is 4.65. The number of hydrogen-bond donors (Lipinski definition) is 2. The summed E-state index contributed by atoms with van der Waals surface area (Å²) < 4.78 is 0. The second kappa shape index (κ2) is 6.02. The summed E-state index contributed by atoms with van der Waals surface area (Å²) in [6.45, 7) is 6.04. The Hall–Kier alpha value is -1.69. The molecule has 6 nitrogen and oxygen atoms in total. The van der Waals surface area contributed by atoms with Crippen LogP contribution in [0.2, 0.25) is 0 Å². The van der Waals surface area contributed by atoms with Crippen molar-refractivity contribution >= 4 is 11.5 Å². The third-order valence-electron chi connectivity index (χ3n) is 2.05. The monoisotopic (exact) mass is 224 g/mol. The minimum Gasteiger partial charge on any atom is -0.363 e. The van der Waals surface area contributed by atoms with Crippen molar-refractivity contribution in [3.63, 3.8) is 0 Å². The minimum atomic E-state index is -0.421. The van der Waals surface area contributed by atoms with Gasteiger partial charge in [0.05, 0.1) is 4.92 Å². The van der Waals surface area contributed by atoms with Crippen LogP contribution in [0.15, 0.2) is 12.3 Å². The van der Waals surface area contributed by atoms with Gasteiger partial charge < -0.3 is 10.6 Å². The van der Waals surface area contributed by atoms with Crippen LogP contribution in [-0.2, 0) is 0 Å². The first-order valence-electron chi connectivity index (χ1n) is 5.20. The Morgan fingerprint density at radius 1 is 1.50 bits per heavy atom. The molecule has 6 heteroatoms. The molecule has 88 valence electrons. The van der Waals surface area contributed by atoms with E-state index in [-0.39, 0.29) is 5.69 Å². The van der Waals surface area contributed by atoms with Crippen LogP contribution in [0.4, 0.5) is 11.5 Å². The van der Waals surface area contributed by atoms with E-state index in [0.717, 1.165) is 18.7 Å². The van der Waals surface area contributed by atoms with Gasteiger partial charge in [0.25, 0.3) is 0 Å². The zero-order chi connectivity index (χ0) is 12.0. The molecule has 0 aromatic carbocycles. The fourth-order valence-electron chi connectivity index (χ4n) is 1.28. The van der Waals surface area contributed by atoms with E-state index in [1.165, 1.54) is 6.07 Å². The zero-order valence-electron chi connectivity index (χ0n) is 9.49. The molecule has 0 saturated carbocycles. The summed E-state index contributed by atoms with van der Waals surface area (Å²) in [5.41, 5.74) is 0.806. The maximum atomic E-state index is 10.8. The smallest absolute Gasteiger partial charge is 0.311 e. The lowest BCUT2D eigenvalue weighted by molar-refractivity contribution is -0.384. The van der Waals surface area contributed by atoms with Crippen molar-refractivity contribution in [2.24, 2.45) is 0 Å². The van der Waals surface area contributed by atoms with Gasteiger partial charge in [0, 0.05) is 25.4 Å². The number of likely N-dealkylation sites (N-methyl/N-ethyl adjacent to an activating group) is 1. The first-order chi connectivity index (χ1) is 7.65. The number of rotatable bonds is 6. The zero-order valence-corrected chi connectivity index (χ0v) is 9.49. The summed E-state index contributed by atoms with van der Waals surface area (Å²) in [6.07, 6.45) is 1.61. The standard InChI is InChI=1S/C10H16N4O2/c1-3-11-4-5-12-10-9(14(15)16)6-8(2)7-13-10/h6-7,11H,3-5H2,1-2H3,(H,12,13). The SMILES string of the molecule is CCNCCNc1ncc(C)cc1[N+](=O)[O-]. The second-order valence-corrected chi connectivity index (χ2v) is 3.42. The molecule has 1 heterocycles. The molecular formula is C10H16N4O2. The van der Waals surface area contributed by atoms with Crippen LogP contribution in [0.25, 0.3) is 0 Å². The first-order valence-corrected chi connectivity index (χ1v) is 5.20. The van der Waals surface area contributed by atoms with Crippen LogP contribution in [-0.4, -0.2) is 29.5 Å². The van der Waals surface area contributed by atoms with Crippen LogP contribution in [0.3, 0.4) is 0 Å². The molecule has 0 aliphatic rings. The van der Waals surface area contributed by atoms with Gasteiger partial charge in [0.15, 0.2) is 0 Å². The van der Waals surface area contributed by atoms with Crippen molar-refractivity contribution in [2.45, 2.75) is 13.8 Å². The highest BCUT2D eigenvalue weighted by Gasteiger charge is 2.14. The topological polar surface area (TPSA) is 80.1 Å². The lowest BCUT2D eigenvalue weighted by Gasteiger charge is -2.06. The molecule has 0 amide bonds. The van der Waals surface area contributed by atoms with E-state index in [2.05, 4.69) is 15.6 Å². The van der Waals surface area contributed by atoms with Crippen LogP contribution >= 0.6 is 0 Å². The summed E-state index contributed by atoms with van der Waals surface area (Å²) in [4.78, 5) is 14.4. The van der Waals surface area contributed by atoms with E-state index in [0.29, 0.717) is 12.4 Å². The first kappa shape index (κ1) is 12.4. The van der Waals surface area contributed by atoms with E-state index in [9.17, 15) is 10.1 Å². The summed E-state index contributed by atoms with van der Waals surface area (Å²) >= 11 is 0. The number of pyridine rings is 1. The lowest BCUT2D eigenvalue weighted by Crippen LogP contribution is -2.22. The molecule has 0 radical (unpaired) electrons. The van der Waals surface area contributed by atoms with E-state index in [4.69, 9.17) is 0 Å². The molecular weight excluding hydrogens is 208 g/mol. The quantitative estimate of drug-likeness (QED) is 0.433. The number of nitrogens with one attached hydrogen (secondary N) is 2. The normalized spacial score (nSPS) is 10.1. The van der Waals surface area contributed by atoms with Crippen molar-refractivity contribution in [2.75, 3.05) is 25.0 Å². The van der Waals surface area contributed by atoms with E-state index in [1.807, 2.05) is 6.92 Å². The van der Waals surface area contributed by atoms with Crippen molar-refractivity contribution < 1.29 is 4.92 Å². The number of aryl methyl sites for hydroxylation is 1. The van der Waals surface area contributed by atoms with E-state index >= 15 is 0 Å². The highest BCUT2D eigenvalue weighted by atomic mass is 16.6. The fraction of sp³-hybridized carbons (Fsp3) is 0.500. The highest BCUT2D eigenvalue weighted by molar-refractivity contribution is 5.56. The van der Waals surface area contributed by atoms with Crippen LogP contribution in [0, 0.1) is 17.0 Å².